The van der Waals surface area contributed by atoms with Crippen molar-refractivity contribution in [1.29, 1.82) is 0 Å². The molecule has 0 bridgehead atoms. The molecule has 0 aromatic heterocycles. The van der Waals surface area contributed by atoms with E-state index in [2.05, 4.69) is 10.6 Å². The highest BCUT2D eigenvalue weighted by Crippen LogP contribution is 2.25. The third-order valence-corrected chi connectivity index (χ3v) is 5.02. The summed E-state index contributed by atoms with van der Waals surface area (Å²) in [4.78, 5) is 38.0. The van der Waals surface area contributed by atoms with Crippen LogP contribution < -0.4 is 10.6 Å². The Bertz CT molecular complexity index is 876. The fourth-order valence-corrected chi connectivity index (χ4v) is 3.87. The van der Waals surface area contributed by atoms with Crippen LogP contribution in [-0.2, 0) is 9.59 Å². The number of benzene rings is 2. The number of rotatable bonds is 4. The highest BCUT2D eigenvalue weighted by Gasteiger charge is 2.35. The zero-order chi connectivity index (χ0) is 19.4. The minimum atomic E-state index is -0.628. The van der Waals surface area contributed by atoms with E-state index in [4.69, 9.17) is 0 Å². The van der Waals surface area contributed by atoms with Gasteiger partial charge in [-0.15, -0.1) is 11.8 Å². The monoisotopic (exact) mass is 387 g/mol. The Balaban J connectivity index is 1.73. The molecule has 2 N–H and O–H groups in total. The summed E-state index contributed by atoms with van der Waals surface area (Å²) < 4.78 is 13.7. The van der Waals surface area contributed by atoms with Crippen LogP contribution in [0.1, 0.15) is 17.3 Å². The maximum absolute atomic E-state index is 13.7. The van der Waals surface area contributed by atoms with Crippen molar-refractivity contribution >= 4 is 40.9 Å². The summed E-state index contributed by atoms with van der Waals surface area (Å²) in [7, 11) is 0. The molecule has 27 heavy (non-hydrogen) atoms. The molecule has 2 aromatic rings. The van der Waals surface area contributed by atoms with Crippen molar-refractivity contribution in [3.8, 4) is 0 Å². The number of nitrogens with zero attached hydrogens (tertiary/aromatic N) is 1. The van der Waals surface area contributed by atoms with E-state index in [9.17, 15) is 18.8 Å². The molecule has 6 nitrogen and oxygen atoms in total. The maximum atomic E-state index is 13.7. The molecule has 1 heterocycles. The number of carbonyl (C=O) groups is 3. The lowest BCUT2D eigenvalue weighted by molar-refractivity contribution is -0.119. The molecule has 1 aliphatic rings. The SMILES string of the molecule is CC(=O)Nc1cc(NC(=O)[C@@H]2CSCN2C(=O)c2ccccc2)ccc1F. The first-order valence-electron chi connectivity index (χ1n) is 8.27. The van der Waals surface area contributed by atoms with Crippen LogP contribution in [0.5, 0.6) is 0 Å². The van der Waals surface area contributed by atoms with Crippen molar-refractivity contribution in [3.05, 3.63) is 59.9 Å². The van der Waals surface area contributed by atoms with E-state index >= 15 is 0 Å². The van der Waals surface area contributed by atoms with Gasteiger partial charge < -0.3 is 15.5 Å². The van der Waals surface area contributed by atoms with Crippen LogP contribution in [0.15, 0.2) is 48.5 Å². The van der Waals surface area contributed by atoms with Gasteiger partial charge in [-0.05, 0) is 30.3 Å². The number of nitrogens with one attached hydrogen (secondary N) is 2. The van der Waals surface area contributed by atoms with Gasteiger partial charge in [0.2, 0.25) is 11.8 Å². The smallest absolute Gasteiger partial charge is 0.255 e. The number of amides is 3. The Morgan fingerprint density at radius 2 is 1.85 bits per heavy atom. The van der Waals surface area contributed by atoms with E-state index in [0.29, 0.717) is 22.9 Å². The molecule has 0 aliphatic carbocycles. The number of anilines is 2. The molecule has 3 rings (SSSR count). The highest BCUT2D eigenvalue weighted by atomic mass is 32.2. The predicted octanol–water partition coefficient (Wildman–Crippen LogP) is 2.94. The molecule has 3 amide bonds. The maximum Gasteiger partial charge on any atom is 0.255 e. The molecule has 1 atom stereocenters. The molecule has 0 saturated carbocycles. The summed E-state index contributed by atoms with van der Waals surface area (Å²) >= 11 is 1.49. The van der Waals surface area contributed by atoms with E-state index in [1.807, 2.05) is 6.07 Å². The van der Waals surface area contributed by atoms with Gasteiger partial charge in [-0.25, -0.2) is 4.39 Å². The van der Waals surface area contributed by atoms with Gasteiger partial charge in [0.1, 0.15) is 11.9 Å². The van der Waals surface area contributed by atoms with Gasteiger partial charge >= 0.3 is 0 Å². The molecular weight excluding hydrogens is 369 g/mol. The average Bonchev–Trinajstić information content (AvgIpc) is 3.14. The van der Waals surface area contributed by atoms with E-state index < -0.39 is 17.8 Å². The number of hydrogen-bond donors (Lipinski definition) is 2. The Hall–Kier alpha value is -2.87. The normalized spacial score (nSPS) is 16.1. The molecule has 1 saturated heterocycles. The lowest BCUT2D eigenvalue weighted by Crippen LogP contribution is -2.44. The van der Waals surface area contributed by atoms with Gasteiger partial charge in [0.15, 0.2) is 0 Å². The molecule has 0 spiro atoms. The fraction of sp³-hybridized carbons (Fsp3) is 0.211. The zero-order valence-electron chi connectivity index (χ0n) is 14.6. The molecule has 0 unspecified atom stereocenters. The fourth-order valence-electron chi connectivity index (χ4n) is 2.72. The van der Waals surface area contributed by atoms with Crippen LogP contribution in [0.3, 0.4) is 0 Å². The van der Waals surface area contributed by atoms with Crippen molar-refractivity contribution in [2.75, 3.05) is 22.3 Å². The van der Waals surface area contributed by atoms with Crippen LogP contribution in [-0.4, -0.2) is 40.3 Å². The summed E-state index contributed by atoms with van der Waals surface area (Å²) in [6.45, 7) is 1.27. The number of halogens is 1. The Labute approximate surface area is 160 Å². The van der Waals surface area contributed by atoms with Crippen molar-refractivity contribution in [3.63, 3.8) is 0 Å². The van der Waals surface area contributed by atoms with Gasteiger partial charge in [-0.1, -0.05) is 18.2 Å². The first-order chi connectivity index (χ1) is 13.0. The summed E-state index contributed by atoms with van der Waals surface area (Å²) in [6.07, 6.45) is 0. The number of thioether (sulfide) groups is 1. The van der Waals surface area contributed by atoms with Gasteiger partial charge in [0, 0.05) is 23.9 Å². The van der Waals surface area contributed by atoms with E-state index in [-0.39, 0.29) is 17.5 Å². The summed E-state index contributed by atoms with van der Waals surface area (Å²) in [5.74, 6) is -0.676. The highest BCUT2D eigenvalue weighted by molar-refractivity contribution is 7.99. The van der Waals surface area contributed by atoms with Gasteiger partial charge in [-0.2, -0.15) is 0 Å². The molecule has 2 aromatic carbocycles. The molecule has 1 aliphatic heterocycles. The average molecular weight is 387 g/mol. The van der Waals surface area contributed by atoms with Gasteiger partial charge in [0.25, 0.3) is 5.91 Å². The van der Waals surface area contributed by atoms with Crippen molar-refractivity contribution < 1.29 is 18.8 Å². The van der Waals surface area contributed by atoms with E-state index in [1.165, 1.54) is 35.7 Å². The minimum Gasteiger partial charge on any atom is -0.324 e. The van der Waals surface area contributed by atoms with Crippen molar-refractivity contribution in [1.82, 2.24) is 4.90 Å². The second kappa shape index (κ2) is 8.22. The molecule has 140 valence electrons. The Kier molecular flexibility index (Phi) is 5.75. The van der Waals surface area contributed by atoms with Crippen molar-refractivity contribution in [2.45, 2.75) is 13.0 Å². The lowest BCUT2D eigenvalue weighted by atomic mass is 10.1. The van der Waals surface area contributed by atoms with Crippen LogP contribution >= 0.6 is 11.8 Å². The van der Waals surface area contributed by atoms with E-state index in [1.54, 1.807) is 24.3 Å². The van der Waals surface area contributed by atoms with Crippen LogP contribution in [0.25, 0.3) is 0 Å². The third kappa shape index (κ3) is 4.46. The Morgan fingerprint density at radius 3 is 2.56 bits per heavy atom. The second-order valence-corrected chi connectivity index (χ2v) is 7.02. The van der Waals surface area contributed by atoms with Gasteiger partial charge in [-0.3, -0.25) is 14.4 Å². The summed E-state index contributed by atoms with van der Waals surface area (Å²) in [6, 6.07) is 12.1. The zero-order valence-corrected chi connectivity index (χ0v) is 15.4. The Morgan fingerprint density at radius 1 is 1.11 bits per heavy atom. The first-order valence-corrected chi connectivity index (χ1v) is 9.43. The first kappa shape index (κ1) is 18.9. The van der Waals surface area contributed by atoms with Crippen LogP contribution in [0, 0.1) is 5.82 Å². The van der Waals surface area contributed by atoms with Crippen LogP contribution in [0.4, 0.5) is 15.8 Å². The molecule has 1 fully saturated rings. The number of carbonyl (C=O) groups excluding carboxylic acids is 3. The predicted molar refractivity (Wildman–Crippen MR) is 103 cm³/mol. The molecule has 0 radical (unpaired) electrons. The second-order valence-electron chi connectivity index (χ2n) is 6.02. The van der Waals surface area contributed by atoms with Crippen molar-refractivity contribution in [2.24, 2.45) is 0 Å². The molecule has 8 heteroatoms. The molecular formula is C19H18FN3O3S. The quantitative estimate of drug-likeness (QED) is 0.846. The van der Waals surface area contributed by atoms with E-state index in [0.717, 1.165) is 6.07 Å². The summed E-state index contributed by atoms with van der Waals surface area (Å²) in [5, 5.41) is 5.07. The number of hydrogen-bond acceptors (Lipinski definition) is 4. The van der Waals surface area contributed by atoms with Gasteiger partial charge in [0.05, 0.1) is 11.6 Å². The summed E-state index contributed by atoms with van der Waals surface area (Å²) in [5.41, 5.74) is 0.847. The lowest BCUT2D eigenvalue weighted by Gasteiger charge is -2.23. The third-order valence-electron chi connectivity index (χ3n) is 4.01. The minimum absolute atomic E-state index is 0.0154. The topological polar surface area (TPSA) is 78.5 Å². The van der Waals surface area contributed by atoms with Crippen LogP contribution in [0.2, 0.25) is 0 Å². The standard InChI is InChI=1S/C19H18FN3O3S/c1-12(24)21-16-9-14(7-8-15(16)20)22-18(25)17-10-27-11-23(17)19(26)13-5-3-2-4-6-13/h2-9,17H,10-11H2,1H3,(H,21,24)(H,22,25)/t17-/m0/s1. The largest absolute Gasteiger partial charge is 0.324 e.